The van der Waals surface area contributed by atoms with Crippen molar-refractivity contribution in [2.75, 3.05) is 38.0 Å². The van der Waals surface area contributed by atoms with Crippen LogP contribution in [0.25, 0.3) is 0 Å². The number of halogens is 1. The Hall–Kier alpha value is -2.24. The predicted octanol–water partition coefficient (Wildman–Crippen LogP) is 3.20. The Morgan fingerprint density at radius 1 is 1.04 bits per heavy atom. The molecule has 1 N–H and O–H groups in total. The van der Waals surface area contributed by atoms with Crippen molar-refractivity contribution in [3.63, 3.8) is 0 Å². The van der Waals surface area contributed by atoms with Crippen LogP contribution in [0.2, 0.25) is 0 Å². The number of aryl methyl sites for hydroxylation is 1. The summed E-state index contributed by atoms with van der Waals surface area (Å²) in [4.78, 5) is 16.8. The van der Waals surface area contributed by atoms with Crippen LogP contribution in [0.3, 0.4) is 0 Å². The highest BCUT2D eigenvalue weighted by atomic mass is 19.1. The van der Waals surface area contributed by atoms with Gasteiger partial charge in [0.25, 0.3) is 0 Å². The fourth-order valence-electron chi connectivity index (χ4n) is 3.28. The summed E-state index contributed by atoms with van der Waals surface area (Å²) >= 11 is 0. The van der Waals surface area contributed by atoms with E-state index in [1.165, 1.54) is 11.6 Å². The number of hydrogen-bond donors (Lipinski definition) is 1. The number of carbonyl (C=O) groups is 1. The number of nitrogens with zero attached hydrogens (tertiary/aromatic N) is 2. The summed E-state index contributed by atoms with van der Waals surface area (Å²) in [6.45, 7) is 8.67. The molecule has 0 spiro atoms. The highest BCUT2D eigenvalue weighted by molar-refractivity contribution is 5.93. The van der Waals surface area contributed by atoms with Gasteiger partial charge in [0.1, 0.15) is 5.82 Å². The molecular formula is C21H26FN3O. The highest BCUT2D eigenvalue weighted by Crippen LogP contribution is 2.18. The molecule has 1 heterocycles. The molecule has 0 radical (unpaired) electrons. The number of anilines is 1. The van der Waals surface area contributed by atoms with Crippen LogP contribution >= 0.6 is 0 Å². The molecule has 26 heavy (non-hydrogen) atoms. The molecule has 0 aliphatic carbocycles. The van der Waals surface area contributed by atoms with E-state index in [9.17, 15) is 9.18 Å². The third kappa shape index (κ3) is 4.90. The van der Waals surface area contributed by atoms with Crippen molar-refractivity contribution in [2.45, 2.75) is 20.4 Å². The zero-order chi connectivity index (χ0) is 18.5. The lowest BCUT2D eigenvalue weighted by atomic mass is 10.1. The molecule has 0 bridgehead atoms. The number of benzene rings is 2. The molecule has 2 aromatic carbocycles. The zero-order valence-corrected chi connectivity index (χ0v) is 15.5. The van der Waals surface area contributed by atoms with Crippen molar-refractivity contribution in [2.24, 2.45) is 0 Å². The topological polar surface area (TPSA) is 35.6 Å². The van der Waals surface area contributed by atoms with Gasteiger partial charge in [-0.3, -0.25) is 14.6 Å². The van der Waals surface area contributed by atoms with E-state index in [-0.39, 0.29) is 11.7 Å². The van der Waals surface area contributed by atoms with Gasteiger partial charge in [-0.2, -0.15) is 0 Å². The number of rotatable bonds is 5. The van der Waals surface area contributed by atoms with E-state index in [1.54, 1.807) is 12.1 Å². The van der Waals surface area contributed by atoms with Gasteiger partial charge in [0.05, 0.1) is 6.54 Å². The third-order valence-electron chi connectivity index (χ3n) is 5.01. The maximum Gasteiger partial charge on any atom is 0.238 e. The Balaban J connectivity index is 1.46. The smallest absolute Gasteiger partial charge is 0.238 e. The van der Waals surface area contributed by atoms with E-state index >= 15 is 0 Å². The van der Waals surface area contributed by atoms with E-state index < -0.39 is 0 Å². The molecule has 1 aliphatic heterocycles. The van der Waals surface area contributed by atoms with Crippen LogP contribution in [0.5, 0.6) is 0 Å². The van der Waals surface area contributed by atoms with Crippen molar-refractivity contribution in [1.82, 2.24) is 9.80 Å². The van der Waals surface area contributed by atoms with E-state index in [0.29, 0.717) is 6.54 Å². The summed E-state index contributed by atoms with van der Waals surface area (Å²) in [6, 6.07) is 12.7. The van der Waals surface area contributed by atoms with Crippen LogP contribution in [0.1, 0.15) is 16.7 Å². The van der Waals surface area contributed by atoms with E-state index in [2.05, 4.69) is 15.1 Å². The molecule has 0 aromatic heterocycles. The number of carbonyl (C=O) groups excluding carboxylic acids is 1. The summed E-state index contributed by atoms with van der Waals surface area (Å²) in [5.41, 5.74) is 4.17. The normalized spacial score (nSPS) is 15.8. The molecule has 1 fully saturated rings. The van der Waals surface area contributed by atoms with E-state index in [1.807, 2.05) is 38.1 Å². The molecule has 1 amide bonds. The second-order valence-electron chi connectivity index (χ2n) is 6.98. The fourth-order valence-corrected chi connectivity index (χ4v) is 3.28. The van der Waals surface area contributed by atoms with Gasteiger partial charge in [0, 0.05) is 38.4 Å². The molecular weight excluding hydrogens is 329 g/mol. The lowest BCUT2D eigenvalue weighted by molar-refractivity contribution is -0.117. The van der Waals surface area contributed by atoms with Crippen molar-refractivity contribution in [3.05, 3.63) is 65.0 Å². The zero-order valence-electron chi connectivity index (χ0n) is 15.5. The van der Waals surface area contributed by atoms with Crippen LogP contribution in [0, 0.1) is 19.7 Å². The lowest BCUT2D eigenvalue weighted by Crippen LogP contribution is -2.48. The number of amides is 1. The summed E-state index contributed by atoms with van der Waals surface area (Å²) in [7, 11) is 0. The minimum atomic E-state index is -0.191. The van der Waals surface area contributed by atoms with Gasteiger partial charge in [-0.1, -0.05) is 24.3 Å². The number of hydrogen-bond acceptors (Lipinski definition) is 3. The van der Waals surface area contributed by atoms with Crippen LogP contribution in [-0.2, 0) is 11.3 Å². The van der Waals surface area contributed by atoms with Crippen molar-refractivity contribution in [3.8, 4) is 0 Å². The average Bonchev–Trinajstić information content (AvgIpc) is 2.61. The first-order valence-electron chi connectivity index (χ1n) is 9.06. The van der Waals surface area contributed by atoms with Crippen molar-refractivity contribution >= 4 is 11.6 Å². The second-order valence-corrected chi connectivity index (χ2v) is 6.98. The fraction of sp³-hybridized carbons (Fsp3) is 0.381. The van der Waals surface area contributed by atoms with Crippen LogP contribution in [0.4, 0.5) is 10.1 Å². The molecule has 0 unspecified atom stereocenters. The van der Waals surface area contributed by atoms with Crippen molar-refractivity contribution in [1.29, 1.82) is 0 Å². The molecule has 138 valence electrons. The van der Waals surface area contributed by atoms with Crippen LogP contribution in [-0.4, -0.2) is 48.4 Å². The summed E-state index contributed by atoms with van der Waals surface area (Å²) in [5, 5.41) is 3.02. The second kappa shape index (κ2) is 8.43. The first-order chi connectivity index (χ1) is 12.5. The Morgan fingerprint density at radius 2 is 1.73 bits per heavy atom. The largest absolute Gasteiger partial charge is 0.325 e. The minimum absolute atomic E-state index is 0.0253. The lowest BCUT2D eigenvalue weighted by Gasteiger charge is -2.34. The molecule has 5 heteroatoms. The Kier molecular flexibility index (Phi) is 6.01. The third-order valence-corrected chi connectivity index (χ3v) is 5.01. The van der Waals surface area contributed by atoms with Gasteiger partial charge < -0.3 is 5.32 Å². The van der Waals surface area contributed by atoms with Crippen molar-refractivity contribution < 1.29 is 9.18 Å². The summed E-state index contributed by atoms with van der Waals surface area (Å²) < 4.78 is 13.3. The van der Waals surface area contributed by atoms with E-state index in [4.69, 9.17) is 0 Å². The Morgan fingerprint density at radius 3 is 2.46 bits per heavy atom. The maximum atomic E-state index is 13.3. The summed E-state index contributed by atoms with van der Waals surface area (Å²) in [5.74, 6) is -0.165. The maximum absolute atomic E-state index is 13.3. The molecule has 0 atom stereocenters. The molecule has 4 nitrogen and oxygen atoms in total. The van der Waals surface area contributed by atoms with E-state index in [0.717, 1.165) is 49.5 Å². The van der Waals surface area contributed by atoms with Gasteiger partial charge in [-0.15, -0.1) is 0 Å². The van der Waals surface area contributed by atoms with Gasteiger partial charge in [0.2, 0.25) is 5.91 Å². The number of piperazine rings is 1. The van der Waals surface area contributed by atoms with Gasteiger partial charge >= 0.3 is 0 Å². The first kappa shape index (κ1) is 18.5. The highest BCUT2D eigenvalue weighted by Gasteiger charge is 2.19. The molecule has 1 aliphatic rings. The van der Waals surface area contributed by atoms with Gasteiger partial charge in [-0.05, 0) is 48.7 Å². The van der Waals surface area contributed by atoms with Gasteiger partial charge in [0.15, 0.2) is 0 Å². The standard InChI is InChI=1S/C21H26FN3O/c1-16-5-3-8-20(17(16)2)23-21(26)15-25-11-9-24(10-12-25)14-18-6-4-7-19(22)13-18/h3-8,13H,9-12,14-15H2,1-2H3,(H,23,26). The average molecular weight is 355 g/mol. The number of nitrogens with one attached hydrogen (secondary N) is 1. The molecule has 0 saturated carbocycles. The van der Waals surface area contributed by atoms with Gasteiger partial charge in [-0.25, -0.2) is 4.39 Å². The SMILES string of the molecule is Cc1cccc(NC(=O)CN2CCN(Cc3cccc(F)c3)CC2)c1C. The van der Waals surface area contributed by atoms with Crippen LogP contribution < -0.4 is 5.32 Å². The molecule has 1 saturated heterocycles. The molecule has 3 rings (SSSR count). The predicted molar refractivity (Wildman–Crippen MR) is 103 cm³/mol. The summed E-state index contributed by atoms with van der Waals surface area (Å²) in [6.07, 6.45) is 0. The van der Waals surface area contributed by atoms with Crippen LogP contribution in [0.15, 0.2) is 42.5 Å². The first-order valence-corrected chi connectivity index (χ1v) is 9.06. The Labute approximate surface area is 154 Å². The Bertz CT molecular complexity index is 770. The molecule has 2 aromatic rings. The monoisotopic (exact) mass is 355 g/mol. The quantitative estimate of drug-likeness (QED) is 0.895. The minimum Gasteiger partial charge on any atom is -0.325 e.